The van der Waals surface area contributed by atoms with Crippen LogP contribution in [0.5, 0.6) is 0 Å². The highest BCUT2D eigenvalue weighted by Gasteiger charge is 2.09. The predicted molar refractivity (Wildman–Crippen MR) is 93.9 cm³/mol. The number of carbonyl (C=O) groups is 1. The first-order valence-corrected chi connectivity index (χ1v) is 7.60. The van der Waals surface area contributed by atoms with Gasteiger partial charge in [0.25, 0.3) is 0 Å². The van der Waals surface area contributed by atoms with Crippen LogP contribution in [-0.2, 0) is 0 Å². The van der Waals surface area contributed by atoms with Gasteiger partial charge in [0, 0.05) is 5.56 Å². The summed E-state index contributed by atoms with van der Waals surface area (Å²) < 4.78 is 0. The van der Waals surface area contributed by atoms with Crippen LogP contribution in [0, 0.1) is 0 Å². The molecule has 0 fully saturated rings. The van der Waals surface area contributed by atoms with Gasteiger partial charge >= 0.3 is 5.97 Å². The Morgan fingerprint density at radius 3 is 2.21 bits per heavy atom. The molecular formula is C20H14N2O2. The normalized spacial score (nSPS) is 10.8. The maximum atomic E-state index is 11.0. The lowest BCUT2D eigenvalue weighted by Gasteiger charge is -2.04. The quantitative estimate of drug-likeness (QED) is 0.581. The molecule has 4 nitrogen and oxygen atoms in total. The Labute approximate surface area is 138 Å². The summed E-state index contributed by atoms with van der Waals surface area (Å²) >= 11 is 0. The fraction of sp³-hybridized carbons (Fsp3) is 0. The van der Waals surface area contributed by atoms with E-state index in [1.165, 1.54) is 5.56 Å². The van der Waals surface area contributed by atoms with E-state index >= 15 is 0 Å². The summed E-state index contributed by atoms with van der Waals surface area (Å²) in [5.41, 5.74) is 5.65. The molecule has 0 spiro atoms. The highest BCUT2D eigenvalue weighted by Crippen LogP contribution is 2.25. The Balaban J connectivity index is 1.70. The van der Waals surface area contributed by atoms with Crippen molar-refractivity contribution >= 4 is 17.0 Å². The summed E-state index contributed by atoms with van der Waals surface area (Å²) in [6, 6.07) is 23.7. The second-order valence-electron chi connectivity index (χ2n) is 5.56. The molecule has 4 rings (SSSR count). The number of fused-ring (bicyclic) bond motifs is 1. The molecule has 116 valence electrons. The van der Waals surface area contributed by atoms with Crippen LogP contribution >= 0.6 is 0 Å². The topological polar surface area (TPSA) is 66.0 Å². The fourth-order valence-electron chi connectivity index (χ4n) is 2.75. The van der Waals surface area contributed by atoms with Gasteiger partial charge in [-0.1, -0.05) is 54.6 Å². The van der Waals surface area contributed by atoms with Crippen molar-refractivity contribution in [2.24, 2.45) is 0 Å². The van der Waals surface area contributed by atoms with E-state index in [4.69, 9.17) is 5.11 Å². The molecule has 0 aliphatic carbocycles. The zero-order chi connectivity index (χ0) is 16.5. The first-order chi connectivity index (χ1) is 11.7. The van der Waals surface area contributed by atoms with Crippen molar-refractivity contribution in [3.05, 3.63) is 78.5 Å². The summed E-state index contributed by atoms with van der Waals surface area (Å²) in [6.45, 7) is 0. The number of aromatic amines is 1. The average molecular weight is 314 g/mol. The highest BCUT2D eigenvalue weighted by atomic mass is 16.4. The number of carboxylic acids is 1. The maximum Gasteiger partial charge on any atom is 0.352 e. The Morgan fingerprint density at radius 1 is 0.833 bits per heavy atom. The molecule has 2 N–H and O–H groups in total. The van der Waals surface area contributed by atoms with Crippen molar-refractivity contribution in [1.29, 1.82) is 0 Å². The molecule has 0 amide bonds. The Bertz CT molecular complexity index is 1020. The lowest BCUT2D eigenvalue weighted by Crippen LogP contribution is -1.94. The third-order valence-corrected chi connectivity index (χ3v) is 3.99. The van der Waals surface area contributed by atoms with E-state index < -0.39 is 5.97 Å². The lowest BCUT2D eigenvalue weighted by molar-refractivity contribution is 0.0691. The van der Waals surface area contributed by atoms with Gasteiger partial charge in [0.15, 0.2) is 0 Å². The molecule has 4 aromatic rings. The van der Waals surface area contributed by atoms with Gasteiger partial charge in [-0.3, -0.25) is 0 Å². The van der Waals surface area contributed by atoms with Crippen molar-refractivity contribution in [2.45, 2.75) is 0 Å². The second kappa shape index (κ2) is 5.66. The van der Waals surface area contributed by atoms with Gasteiger partial charge in [0.2, 0.25) is 0 Å². The number of H-pyrrole nitrogens is 1. The third-order valence-electron chi connectivity index (χ3n) is 3.99. The van der Waals surface area contributed by atoms with Crippen LogP contribution in [0.3, 0.4) is 0 Å². The molecule has 0 aliphatic rings. The number of hydrogen-bond acceptors (Lipinski definition) is 2. The average Bonchev–Trinajstić information content (AvgIpc) is 3.06. The number of nitrogens with zero attached hydrogens (tertiary/aromatic N) is 1. The molecular weight excluding hydrogens is 300 g/mol. The molecule has 2 aromatic heterocycles. The number of carboxylic acid groups (broad SMARTS) is 1. The summed E-state index contributed by atoms with van der Waals surface area (Å²) in [4.78, 5) is 18.4. The number of aromatic carboxylic acids is 1. The summed E-state index contributed by atoms with van der Waals surface area (Å²) in [5.74, 6) is -0.984. The van der Waals surface area contributed by atoms with E-state index in [-0.39, 0.29) is 5.69 Å². The molecule has 2 heterocycles. The van der Waals surface area contributed by atoms with Crippen molar-refractivity contribution < 1.29 is 9.90 Å². The van der Waals surface area contributed by atoms with Gasteiger partial charge in [0.05, 0.1) is 16.7 Å². The Morgan fingerprint density at radius 2 is 1.50 bits per heavy atom. The zero-order valence-electron chi connectivity index (χ0n) is 12.7. The predicted octanol–water partition coefficient (Wildman–Crippen LogP) is 4.60. The van der Waals surface area contributed by atoms with E-state index in [0.717, 1.165) is 22.3 Å². The SMILES string of the molecule is O=C(O)c1cc2nc(-c3ccc(-c4ccccc4)cc3)ccc2[nH]1. The molecule has 0 unspecified atom stereocenters. The number of nitrogens with one attached hydrogen (secondary N) is 1. The van der Waals surface area contributed by atoms with Crippen LogP contribution in [0.2, 0.25) is 0 Å². The van der Waals surface area contributed by atoms with Gasteiger partial charge in [-0.05, 0) is 29.3 Å². The van der Waals surface area contributed by atoms with Crippen LogP contribution < -0.4 is 0 Å². The van der Waals surface area contributed by atoms with E-state index in [1.807, 2.05) is 42.5 Å². The van der Waals surface area contributed by atoms with E-state index in [9.17, 15) is 4.79 Å². The number of rotatable bonds is 3. The first kappa shape index (κ1) is 14.2. The molecule has 0 aliphatic heterocycles. The Hall–Kier alpha value is -3.40. The number of hydrogen-bond donors (Lipinski definition) is 2. The molecule has 0 bridgehead atoms. The number of aromatic nitrogens is 2. The molecule has 0 saturated heterocycles. The van der Waals surface area contributed by atoms with Gasteiger partial charge in [-0.25, -0.2) is 9.78 Å². The molecule has 0 radical (unpaired) electrons. The summed E-state index contributed by atoms with van der Waals surface area (Å²) in [6.07, 6.45) is 0. The van der Waals surface area contributed by atoms with Gasteiger partial charge in [0.1, 0.15) is 5.69 Å². The van der Waals surface area contributed by atoms with E-state index in [2.05, 4.69) is 34.2 Å². The Kier molecular flexibility index (Phi) is 3.35. The lowest BCUT2D eigenvalue weighted by atomic mass is 10.0. The molecule has 4 heteroatoms. The third kappa shape index (κ3) is 2.54. The van der Waals surface area contributed by atoms with Gasteiger partial charge < -0.3 is 10.1 Å². The number of pyridine rings is 1. The fourth-order valence-corrected chi connectivity index (χ4v) is 2.75. The highest BCUT2D eigenvalue weighted by molar-refractivity contribution is 5.92. The van der Waals surface area contributed by atoms with Gasteiger partial charge in [-0.15, -0.1) is 0 Å². The minimum Gasteiger partial charge on any atom is -0.477 e. The molecule has 24 heavy (non-hydrogen) atoms. The second-order valence-corrected chi connectivity index (χ2v) is 5.56. The van der Waals surface area contributed by atoms with Gasteiger partial charge in [-0.2, -0.15) is 0 Å². The van der Waals surface area contributed by atoms with Crippen LogP contribution in [0.25, 0.3) is 33.4 Å². The summed E-state index contributed by atoms with van der Waals surface area (Å²) in [5, 5.41) is 9.05. The molecule has 0 saturated carbocycles. The summed E-state index contributed by atoms with van der Waals surface area (Å²) in [7, 11) is 0. The van der Waals surface area contributed by atoms with Crippen molar-refractivity contribution in [1.82, 2.24) is 9.97 Å². The van der Waals surface area contributed by atoms with Crippen LogP contribution in [0.1, 0.15) is 10.5 Å². The standard InChI is InChI=1S/C20H14N2O2/c23-20(24)19-12-18-17(22-19)11-10-16(21-18)15-8-6-14(7-9-15)13-4-2-1-3-5-13/h1-12,22H,(H,23,24). The molecule has 2 aromatic carbocycles. The number of benzene rings is 2. The van der Waals surface area contributed by atoms with E-state index in [1.54, 1.807) is 6.07 Å². The van der Waals surface area contributed by atoms with Crippen LogP contribution in [0.15, 0.2) is 72.8 Å². The van der Waals surface area contributed by atoms with Crippen LogP contribution in [-0.4, -0.2) is 21.0 Å². The maximum absolute atomic E-state index is 11.0. The zero-order valence-corrected chi connectivity index (χ0v) is 12.7. The monoisotopic (exact) mass is 314 g/mol. The largest absolute Gasteiger partial charge is 0.477 e. The van der Waals surface area contributed by atoms with Crippen LogP contribution in [0.4, 0.5) is 0 Å². The van der Waals surface area contributed by atoms with Crippen molar-refractivity contribution in [2.75, 3.05) is 0 Å². The minimum absolute atomic E-state index is 0.147. The first-order valence-electron chi connectivity index (χ1n) is 7.60. The smallest absolute Gasteiger partial charge is 0.352 e. The molecule has 0 atom stereocenters. The van der Waals surface area contributed by atoms with Crippen molar-refractivity contribution in [3.8, 4) is 22.4 Å². The van der Waals surface area contributed by atoms with Crippen molar-refractivity contribution in [3.63, 3.8) is 0 Å². The van der Waals surface area contributed by atoms with E-state index in [0.29, 0.717) is 5.52 Å². The minimum atomic E-state index is -0.984.